The summed E-state index contributed by atoms with van der Waals surface area (Å²) in [6, 6.07) is 8.26. The molecule has 5 heteroatoms. The normalized spacial score (nSPS) is 22.8. The van der Waals surface area contributed by atoms with Crippen LogP contribution in [0.5, 0.6) is 5.75 Å². The zero-order valence-corrected chi connectivity index (χ0v) is 13.5. The van der Waals surface area contributed by atoms with Gasteiger partial charge in [0.15, 0.2) is 0 Å². The Morgan fingerprint density at radius 1 is 1.33 bits per heavy atom. The number of ether oxygens (including phenoxy) is 1. The number of amides is 1. The second kappa shape index (κ2) is 8.25. The third kappa shape index (κ3) is 4.90. The number of carbonyl (C=O) groups is 1. The van der Waals surface area contributed by atoms with Crippen molar-refractivity contribution in [3.8, 4) is 5.75 Å². The van der Waals surface area contributed by atoms with Gasteiger partial charge in [0.1, 0.15) is 5.75 Å². The van der Waals surface area contributed by atoms with Crippen LogP contribution in [0.2, 0.25) is 0 Å². The number of halogens is 1. The van der Waals surface area contributed by atoms with E-state index < -0.39 is 0 Å². The second-order valence-corrected chi connectivity index (χ2v) is 5.62. The van der Waals surface area contributed by atoms with E-state index in [1.54, 1.807) is 7.11 Å². The van der Waals surface area contributed by atoms with Gasteiger partial charge in [-0.1, -0.05) is 12.1 Å². The lowest BCUT2D eigenvalue weighted by atomic mass is 9.91. The third-order valence-corrected chi connectivity index (χ3v) is 4.11. The van der Waals surface area contributed by atoms with Gasteiger partial charge in [-0.05, 0) is 50.3 Å². The first-order valence-electron chi connectivity index (χ1n) is 7.30. The molecule has 118 valence electrons. The Morgan fingerprint density at radius 2 is 2.00 bits per heavy atom. The fraction of sp³-hybridized carbons (Fsp3) is 0.562. The highest BCUT2D eigenvalue weighted by Gasteiger charge is 2.23. The number of benzene rings is 1. The Balaban J connectivity index is 0.00000220. The maximum Gasteiger partial charge on any atom is 0.227 e. The Labute approximate surface area is 132 Å². The van der Waals surface area contributed by atoms with E-state index >= 15 is 0 Å². The minimum absolute atomic E-state index is 0. The Bertz CT molecular complexity index is 459. The van der Waals surface area contributed by atoms with Crippen LogP contribution in [-0.4, -0.2) is 25.1 Å². The lowest BCUT2D eigenvalue weighted by Crippen LogP contribution is -2.42. The summed E-state index contributed by atoms with van der Waals surface area (Å²) in [5, 5.41) is 3.14. The molecule has 1 unspecified atom stereocenters. The van der Waals surface area contributed by atoms with Crippen molar-refractivity contribution < 1.29 is 9.53 Å². The maximum atomic E-state index is 12.3. The molecule has 1 aliphatic rings. The second-order valence-electron chi connectivity index (χ2n) is 5.62. The average molecular weight is 313 g/mol. The van der Waals surface area contributed by atoms with E-state index in [1.165, 1.54) is 0 Å². The quantitative estimate of drug-likeness (QED) is 0.898. The van der Waals surface area contributed by atoms with E-state index in [4.69, 9.17) is 10.5 Å². The molecule has 0 radical (unpaired) electrons. The van der Waals surface area contributed by atoms with Gasteiger partial charge in [-0.2, -0.15) is 0 Å². The lowest BCUT2D eigenvalue weighted by Gasteiger charge is -2.28. The third-order valence-electron chi connectivity index (χ3n) is 4.11. The predicted molar refractivity (Wildman–Crippen MR) is 87.0 cm³/mol. The molecule has 4 nitrogen and oxygen atoms in total. The summed E-state index contributed by atoms with van der Waals surface area (Å²) in [6.07, 6.45) is 3.96. The summed E-state index contributed by atoms with van der Waals surface area (Å²) in [7, 11) is 1.63. The Hall–Kier alpha value is -1.26. The van der Waals surface area contributed by atoms with Crippen LogP contribution < -0.4 is 15.8 Å². The van der Waals surface area contributed by atoms with Crippen LogP contribution in [0.3, 0.4) is 0 Å². The number of nitrogens with two attached hydrogens (primary N) is 1. The van der Waals surface area contributed by atoms with Crippen LogP contribution in [0.25, 0.3) is 0 Å². The number of rotatable bonds is 4. The van der Waals surface area contributed by atoms with Crippen molar-refractivity contribution in [1.29, 1.82) is 0 Å². The molecular weight excluding hydrogens is 288 g/mol. The molecule has 1 aromatic carbocycles. The summed E-state index contributed by atoms with van der Waals surface area (Å²) in [4.78, 5) is 12.3. The first kappa shape index (κ1) is 17.8. The number of hydrogen-bond donors (Lipinski definition) is 2. The SMILES string of the molecule is COc1cccc(C(C)C(=O)NC2CCC(N)CC2)c1.Cl. The van der Waals surface area contributed by atoms with Crippen molar-refractivity contribution in [2.24, 2.45) is 5.73 Å². The molecule has 1 atom stereocenters. The fourth-order valence-corrected chi connectivity index (χ4v) is 2.65. The molecule has 0 heterocycles. The summed E-state index contributed by atoms with van der Waals surface area (Å²) >= 11 is 0. The minimum atomic E-state index is -0.166. The Morgan fingerprint density at radius 3 is 2.62 bits per heavy atom. The highest BCUT2D eigenvalue weighted by atomic mass is 35.5. The topological polar surface area (TPSA) is 64.3 Å². The molecule has 2 rings (SSSR count). The van der Waals surface area contributed by atoms with Crippen LogP contribution in [-0.2, 0) is 4.79 Å². The molecule has 1 amide bonds. The van der Waals surface area contributed by atoms with E-state index in [-0.39, 0.29) is 30.3 Å². The molecule has 0 bridgehead atoms. The van der Waals surface area contributed by atoms with Crippen molar-refractivity contribution >= 4 is 18.3 Å². The smallest absolute Gasteiger partial charge is 0.227 e. The van der Waals surface area contributed by atoms with E-state index in [1.807, 2.05) is 31.2 Å². The van der Waals surface area contributed by atoms with Gasteiger partial charge in [-0.25, -0.2) is 0 Å². The summed E-state index contributed by atoms with van der Waals surface area (Å²) in [5.74, 6) is 0.699. The molecule has 1 saturated carbocycles. The van der Waals surface area contributed by atoms with E-state index in [2.05, 4.69) is 5.32 Å². The van der Waals surface area contributed by atoms with Crippen molar-refractivity contribution in [2.45, 2.75) is 50.6 Å². The van der Waals surface area contributed by atoms with E-state index in [0.29, 0.717) is 6.04 Å². The number of carbonyl (C=O) groups excluding carboxylic acids is 1. The van der Waals surface area contributed by atoms with Crippen LogP contribution in [0.1, 0.15) is 44.1 Å². The molecule has 0 spiro atoms. The molecule has 21 heavy (non-hydrogen) atoms. The molecule has 1 aromatic rings. The molecule has 0 saturated heterocycles. The van der Waals surface area contributed by atoms with Crippen molar-refractivity contribution in [3.63, 3.8) is 0 Å². The monoisotopic (exact) mass is 312 g/mol. The molecular formula is C16H25ClN2O2. The van der Waals surface area contributed by atoms with E-state index in [0.717, 1.165) is 37.0 Å². The van der Waals surface area contributed by atoms with Crippen molar-refractivity contribution in [2.75, 3.05) is 7.11 Å². The highest BCUT2D eigenvalue weighted by molar-refractivity contribution is 5.85. The standard InChI is InChI=1S/C16H24N2O2.ClH/c1-11(12-4-3-5-15(10-12)20-2)16(19)18-14-8-6-13(17)7-9-14;/h3-5,10-11,13-14H,6-9,17H2,1-2H3,(H,18,19);1H. The molecule has 0 aromatic heterocycles. The lowest BCUT2D eigenvalue weighted by molar-refractivity contribution is -0.123. The fourth-order valence-electron chi connectivity index (χ4n) is 2.65. The Kier molecular flexibility index (Phi) is 6.99. The van der Waals surface area contributed by atoms with Gasteiger partial charge in [-0.3, -0.25) is 4.79 Å². The average Bonchev–Trinajstić information content (AvgIpc) is 2.48. The summed E-state index contributed by atoms with van der Waals surface area (Å²) in [6.45, 7) is 1.93. The largest absolute Gasteiger partial charge is 0.497 e. The molecule has 1 fully saturated rings. The van der Waals surface area contributed by atoms with Crippen LogP contribution in [0.4, 0.5) is 0 Å². The number of methoxy groups -OCH3 is 1. The van der Waals surface area contributed by atoms with Gasteiger partial charge >= 0.3 is 0 Å². The number of hydrogen-bond acceptors (Lipinski definition) is 3. The predicted octanol–water partition coefficient (Wildman–Crippen LogP) is 2.61. The zero-order valence-electron chi connectivity index (χ0n) is 12.7. The summed E-state index contributed by atoms with van der Waals surface area (Å²) < 4.78 is 5.20. The molecule has 0 aliphatic heterocycles. The maximum absolute atomic E-state index is 12.3. The van der Waals surface area contributed by atoms with E-state index in [9.17, 15) is 4.79 Å². The number of nitrogens with one attached hydrogen (secondary N) is 1. The zero-order chi connectivity index (χ0) is 14.5. The van der Waals surface area contributed by atoms with Gasteiger partial charge in [0.2, 0.25) is 5.91 Å². The van der Waals surface area contributed by atoms with Crippen molar-refractivity contribution in [1.82, 2.24) is 5.32 Å². The first-order valence-corrected chi connectivity index (χ1v) is 7.30. The first-order chi connectivity index (χ1) is 9.60. The van der Waals surface area contributed by atoms with Crippen LogP contribution in [0.15, 0.2) is 24.3 Å². The van der Waals surface area contributed by atoms with Gasteiger partial charge in [0.25, 0.3) is 0 Å². The minimum Gasteiger partial charge on any atom is -0.497 e. The summed E-state index contributed by atoms with van der Waals surface area (Å²) in [5.41, 5.74) is 6.86. The van der Waals surface area contributed by atoms with Gasteiger partial charge in [0, 0.05) is 12.1 Å². The highest BCUT2D eigenvalue weighted by Crippen LogP contribution is 2.22. The van der Waals surface area contributed by atoms with Gasteiger partial charge in [-0.15, -0.1) is 12.4 Å². The van der Waals surface area contributed by atoms with Crippen LogP contribution in [0, 0.1) is 0 Å². The van der Waals surface area contributed by atoms with Crippen molar-refractivity contribution in [3.05, 3.63) is 29.8 Å². The molecule has 3 N–H and O–H groups in total. The van der Waals surface area contributed by atoms with Crippen LogP contribution >= 0.6 is 12.4 Å². The molecule has 1 aliphatic carbocycles. The van der Waals surface area contributed by atoms with Gasteiger partial charge < -0.3 is 15.8 Å². The van der Waals surface area contributed by atoms with Gasteiger partial charge in [0.05, 0.1) is 13.0 Å².